The van der Waals surface area contributed by atoms with Crippen LogP contribution in [0.4, 0.5) is 16.2 Å². The van der Waals surface area contributed by atoms with Crippen molar-refractivity contribution in [3.05, 3.63) is 59.7 Å². The van der Waals surface area contributed by atoms with Crippen LogP contribution in [0.2, 0.25) is 0 Å². The molecule has 0 saturated heterocycles. The summed E-state index contributed by atoms with van der Waals surface area (Å²) in [6.45, 7) is 1.89. The van der Waals surface area contributed by atoms with E-state index in [1.54, 1.807) is 31.3 Å². The van der Waals surface area contributed by atoms with Crippen molar-refractivity contribution >= 4 is 29.2 Å². The van der Waals surface area contributed by atoms with E-state index in [0.717, 1.165) is 18.4 Å². The van der Waals surface area contributed by atoms with E-state index in [-0.39, 0.29) is 30.4 Å². The predicted molar refractivity (Wildman–Crippen MR) is 108 cm³/mol. The molecule has 7 heteroatoms. The van der Waals surface area contributed by atoms with E-state index < -0.39 is 0 Å². The van der Waals surface area contributed by atoms with Gasteiger partial charge in [-0.1, -0.05) is 23.8 Å². The molecule has 146 valence electrons. The lowest BCUT2D eigenvalue weighted by atomic mass is 10.1. The standard InChI is InChI=1S/C21H24N4O3/c1-14-6-8-16(9-7-14)22-19(26)13-25(2)20(27)15-4-3-5-18(12-15)24-21(28)23-17-10-11-17/h3-9,12,17H,10-11,13H2,1-2H3,(H,22,26)(H2,23,24,28). The topological polar surface area (TPSA) is 90.5 Å². The first-order valence-electron chi connectivity index (χ1n) is 9.20. The first-order valence-corrected chi connectivity index (χ1v) is 9.20. The fourth-order valence-corrected chi connectivity index (χ4v) is 2.66. The first-order chi connectivity index (χ1) is 13.4. The van der Waals surface area contributed by atoms with Crippen molar-refractivity contribution in [3.63, 3.8) is 0 Å². The second-order valence-corrected chi connectivity index (χ2v) is 7.03. The van der Waals surface area contributed by atoms with Gasteiger partial charge in [0.25, 0.3) is 5.91 Å². The number of carbonyl (C=O) groups is 3. The normalized spacial score (nSPS) is 12.8. The zero-order valence-corrected chi connectivity index (χ0v) is 16.0. The molecule has 4 amide bonds. The molecule has 0 bridgehead atoms. The predicted octanol–water partition coefficient (Wildman–Crippen LogP) is 2.99. The summed E-state index contributed by atoms with van der Waals surface area (Å²) in [5, 5.41) is 8.32. The lowest BCUT2D eigenvalue weighted by Crippen LogP contribution is -2.35. The van der Waals surface area contributed by atoms with E-state index >= 15 is 0 Å². The van der Waals surface area contributed by atoms with Crippen LogP contribution in [0.3, 0.4) is 0 Å². The number of hydrogen-bond acceptors (Lipinski definition) is 3. The number of amides is 4. The highest BCUT2D eigenvalue weighted by molar-refractivity contribution is 6.00. The summed E-state index contributed by atoms with van der Waals surface area (Å²) < 4.78 is 0. The second kappa shape index (κ2) is 8.56. The quantitative estimate of drug-likeness (QED) is 0.720. The second-order valence-electron chi connectivity index (χ2n) is 7.03. The summed E-state index contributed by atoms with van der Waals surface area (Å²) >= 11 is 0. The van der Waals surface area contributed by atoms with Crippen LogP contribution < -0.4 is 16.0 Å². The molecule has 0 atom stereocenters. The monoisotopic (exact) mass is 380 g/mol. The van der Waals surface area contributed by atoms with Gasteiger partial charge in [0.15, 0.2) is 0 Å². The number of urea groups is 1. The number of rotatable bonds is 6. The molecule has 0 heterocycles. The highest BCUT2D eigenvalue weighted by atomic mass is 16.2. The Morgan fingerprint density at radius 1 is 1.00 bits per heavy atom. The van der Waals surface area contributed by atoms with Crippen molar-refractivity contribution in [2.45, 2.75) is 25.8 Å². The number of hydrogen-bond donors (Lipinski definition) is 3. The molecule has 1 aliphatic carbocycles. The van der Waals surface area contributed by atoms with E-state index in [1.165, 1.54) is 4.90 Å². The Morgan fingerprint density at radius 2 is 1.71 bits per heavy atom. The molecule has 0 unspecified atom stereocenters. The fraction of sp³-hybridized carbons (Fsp3) is 0.286. The maximum absolute atomic E-state index is 12.6. The molecule has 28 heavy (non-hydrogen) atoms. The summed E-state index contributed by atoms with van der Waals surface area (Å²) in [5.74, 6) is -0.580. The molecule has 0 spiro atoms. The first kappa shape index (κ1) is 19.4. The Kier molecular flexibility index (Phi) is 5.93. The third kappa shape index (κ3) is 5.57. The molecule has 0 aromatic heterocycles. The average molecular weight is 380 g/mol. The summed E-state index contributed by atoms with van der Waals surface area (Å²) in [7, 11) is 1.57. The summed E-state index contributed by atoms with van der Waals surface area (Å²) in [5.41, 5.74) is 2.71. The van der Waals surface area contributed by atoms with Gasteiger partial charge in [0.2, 0.25) is 5.91 Å². The van der Waals surface area contributed by atoms with E-state index in [2.05, 4.69) is 16.0 Å². The maximum Gasteiger partial charge on any atom is 0.319 e. The van der Waals surface area contributed by atoms with Gasteiger partial charge in [0.05, 0.1) is 6.54 Å². The Balaban J connectivity index is 1.56. The molecule has 1 aliphatic rings. The highest BCUT2D eigenvalue weighted by Crippen LogP contribution is 2.19. The lowest BCUT2D eigenvalue weighted by Gasteiger charge is -2.17. The smallest absolute Gasteiger partial charge is 0.319 e. The van der Waals surface area contributed by atoms with Gasteiger partial charge in [-0.3, -0.25) is 9.59 Å². The minimum absolute atomic E-state index is 0.0769. The van der Waals surface area contributed by atoms with Crippen LogP contribution in [-0.4, -0.2) is 42.4 Å². The SMILES string of the molecule is Cc1ccc(NC(=O)CN(C)C(=O)c2cccc(NC(=O)NC3CC3)c2)cc1. The van der Waals surface area contributed by atoms with Crippen LogP contribution >= 0.6 is 0 Å². The van der Waals surface area contributed by atoms with Crippen molar-refractivity contribution in [1.82, 2.24) is 10.2 Å². The molecule has 1 fully saturated rings. The molecule has 1 saturated carbocycles. The zero-order valence-electron chi connectivity index (χ0n) is 16.0. The van der Waals surface area contributed by atoms with Crippen molar-refractivity contribution in [3.8, 4) is 0 Å². The van der Waals surface area contributed by atoms with Crippen molar-refractivity contribution < 1.29 is 14.4 Å². The number of aryl methyl sites for hydroxylation is 1. The summed E-state index contributed by atoms with van der Waals surface area (Å²) in [6.07, 6.45) is 2.00. The lowest BCUT2D eigenvalue weighted by molar-refractivity contribution is -0.116. The van der Waals surface area contributed by atoms with Crippen LogP contribution in [0.25, 0.3) is 0 Å². The van der Waals surface area contributed by atoms with Gasteiger partial charge in [-0.25, -0.2) is 4.79 Å². The van der Waals surface area contributed by atoms with E-state index in [9.17, 15) is 14.4 Å². The summed E-state index contributed by atoms with van der Waals surface area (Å²) in [6, 6.07) is 14.1. The molecule has 3 N–H and O–H groups in total. The van der Waals surface area contributed by atoms with E-state index in [0.29, 0.717) is 16.9 Å². The Morgan fingerprint density at radius 3 is 2.39 bits per heavy atom. The van der Waals surface area contributed by atoms with Gasteiger partial charge in [0.1, 0.15) is 0 Å². The van der Waals surface area contributed by atoms with Crippen LogP contribution in [0, 0.1) is 6.92 Å². The van der Waals surface area contributed by atoms with Crippen LogP contribution in [0.1, 0.15) is 28.8 Å². The van der Waals surface area contributed by atoms with E-state index in [4.69, 9.17) is 0 Å². The molecule has 0 radical (unpaired) electrons. The molecule has 7 nitrogen and oxygen atoms in total. The maximum atomic E-state index is 12.6. The Bertz CT molecular complexity index is 875. The number of anilines is 2. The van der Waals surface area contributed by atoms with Gasteiger partial charge >= 0.3 is 6.03 Å². The number of likely N-dealkylation sites (N-methyl/N-ethyl adjacent to an activating group) is 1. The third-order valence-electron chi connectivity index (χ3n) is 4.34. The van der Waals surface area contributed by atoms with Gasteiger partial charge < -0.3 is 20.9 Å². The number of nitrogens with one attached hydrogen (secondary N) is 3. The zero-order chi connectivity index (χ0) is 20.1. The van der Waals surface area contributed by atoms with Crippen LogP contribution in [0.5, 0.6) is 0 Å². The van der Waals surface area contributed by atoms with Gasteiger partial charge in [0, 0.05) is 30.0 Å². The third-order valence-corrected chi connectivity index (χ3v) is 4.34. The molecular weight excluding hydrogens is 356 g/mol. The molecule has 3 rings (SSSR count). The van der Waals surface area contributed by atoms with Crippen molar-refractivity contribution in [1.29, 1.82) is 0 Å². The molecule has 2 aromatic rings. The van der Waals surface area contributed by atoms with Gasteiger partial charge in [-0.15, -0.1) is 0 Å². The van der Waals surface area contributed by atoms with Crippen LogP contribution in [-0.2, 0) is 4.79 Å². The van der Waals surface area contributed by atoms with Gasteiger partial charge in [-0.2, -0.15) is 0 Å². The average Bonchev–Trinajstić information content (AvgIpc) is 3.47. The fourth-order valence-electron chi connectivity index (χ4n) is 2.66. The number of benzene rings is 2. The van der Waals surface area contributed by atoms with Crippen LogP contribution in [0.15, 0.2) is 48.5 Å². The molecule has 2 aromatic carbocycles. The number of carbonyl (C=O) groups excluding carboxylic acids is 3. The Labute approximate surface area is 164 Å². The number of nitrogens with zero attached hydrogens (tertiary/aromatic N) is 1. The minimum Gasteiger partial charge on any atom is -0.335 e. The molecule has 0 aliphatic heterocycles. The van der Waals surface area contributed by atoms with Crippen molar-refractivity contribution in [2.75, 3.05) is 24.2 Å². The highest BCUT2D eigenvalue weighted by Gasteiger charge is 2.23. The summed E-state index contributed by atoms with van der Waals surface area (Å²) in [4.78, 5) is 38.0. The minimum atomic E-state index is -0.301. The Hall–Kier alpha value is -3.35. The van der Waals surface area contributed by atoms with Crippen molar-refractivity contribution in [2.24, 2.45) is 0 Å². The van der Waals surface area contributed by atoms with Gasteiger partial charge in [-0.05, 0) is 50.1 Å². The van der Waals surface area contributed by atoms with E-state index in [1.807, 2.05) is 31.2 Å². The molecular formula is C21H24N4O3. The largest absolute Gasteiger partial charge is 0.335 e.